The Morgan fingerprint density at radius 1 is 1.14 bits per heavy atom. The summed E-state index contributed by atoms with van der Waals surface area (Å²) >= 11 is 0. The molecule has 4 nitrogen and oxygen atoms in total. The molecule has 1 aliphatic rings. The Kier molecular flexibility index (Phi) is 8.15. The van der Waals surface area contributed by atoms with Crippen LogP contribution < -0.4 is 26.3 Å². The first-order valence-electron chi connectivity index (χ1n) is 11.1. The number of fused-ring (bicyclic) bond motifs is 1. The van der Waals surface area contributed by atoms with Crippen molar-refractivity contribution in [3.05, 3.63) is 94.3 Å². The Balaban J connectivity index is 0.00000342. The molecule has 8 heteroatoms. The lowest BCUT2D eigenvalue weighted by atomic mass is 9.79. The van der Waals surface area contributed by atoms with Gasteiger partial charge in [0, 0.05) is 23.1 Å². The third-order valence-electron chi connectivity index (χ3n) is 6.28. The number of pyridine rings is 1. The number of hydrogen-bond donors (Lipinski definition) is 0. The molecule has 1 aliphatic carbocycles. The number of aromatic nitrogens is 1. The fourth-order valence-electron chi connectivity index (χ4n) is 4.50. The minimum Gasteiger partial charge on any atom is -1.00 e. The van der Waals surface area contributed by atoms with Crippen LogP contribution in [-0.4, -0.2) is 18.7 Å². The Morgan fingerprint density at radius 3 is 2.60 bits per heavy atom. The molecular formula is C27H25BrF3NO3. The van der Waals surface area contributed by atoms with Gasteiger partial charge in [-0.15, -0.1) is 0 Å². The second-order valence-corrected chi connectivity index (χ2v) is 8.64. The number of halogens is 4. The molecule has 0 saturated heterocycles. The molecule has 1 aromatic heterocycles. The Bertz CT molecular complexity index is 1260. The molecule has 0 spiro atoms. The van der Waals surface area contributed by atoms with Gasteiger partial charge in [0.25, 0.3) is 0 Å². The van der Waals surface area contributed by atoms with Crippen LogP contribution in [0.3, 0.4) is 0 Å². The molecule has 35 heavy (non-hydrogen) atoms. The molecule has 184 valence electrons. The number of ketones is 2. The van der Waals surface area contributed by atoms with Gasteiger partial charge >= 0.3 is 6.18 Å². The lowest BCUT2D eigenvalue weighted by molar-refractivity contribution is -0.688. The van der Waals surface area contributed by atoms with Gasteiger partial charge in [0.2, 0.25) is 0 Å². The maximum atomic E-state index is 13.1. The second kappa shape index (κ2) is 10.7. The predicted octanol–water partition coefficient (Wildman–Crippen LogP) is 2.24. The first-order valence-corrected chi connectivity index (χ1v) is 11.1. The molecule has 0 amide bonds. The number of methoxy groups -OCH3 is 1. The van der Waals surface area contributed by atoms with E-state index in [-0.39, 0.29) is 41.0 Å². The number of alkyl halides is 3. The highest BCUT2D eigenvalue weighted by molar-refractivity contribution is 6.01. The van der Waals surface area contributed by atoms with Crippen molar-refractivity contribution in [3.8, 4) is 5.75 Å². The van der Waals surface area contributed by atoms with Crippen LogP contribution in [0.1, 0.15) is 56.3 Å². The van der Waals surface area contributed by atoms with Gasteiger partial charge in [0.1, 0.15) is 5.75 Å². The van der Waals surface area contributed by atoms with Crippen molar-refractivity contribution in [2.24, 2.45) is 5.92 Å². The van der Waals surface area contributed by atoms with E-state index < -0.39 is 11.7 Å². The summed E-state index contributed by atoms with van der Waals surface area (Å²) < 4.78 is 46.0. The van der Waals surface area contributed by atoms with Gasteiger partial charge in [0.05, 0.1) is 18.2 Å². The summed E-state index contributed by atoms with van der Waals surface area (Å²) in [5.41, 5.74) is 2.68. The lowest BCUT2D eigenvalue weighted by Crippen LogP contribution is -3.00. The number of hydrogen-bond acceptors (Lipinski definition) is 3. The van der Waals surface area contributed by atoms with Crippen molar-refractivity contribution >= 4 is 11.6 Å². The second-order valence-electron chi connectivity index (χ2n) is 8.64. The average molecular weight is 548 g/mol. The monoisotopic (exact) mass is 547 g/mol. The lowest BCUT2D eigenvalue weighted by Gasteiger charge is -2.24. The van der Waals surface area contributed by atoms with Gasteiger partial charge in [-0.05, 0) is 67.6 Å². The Morgan fingerprint density at radius 2 is 1.91 bits per heavy atom. The maximum Gasteiger partial charge on any atom is 0.416 e. The van der Waals surface area contributed by atoms with Crippen LogP contribution in [-0.2, 0) is 25.6 Å². The van der Waals surface area contributed by atoms with Crippen LogP contribution in [0.5, 0.6) is 5.75 Å². The zero-order chi connectivity index (χ0) is 24.5. The third-order valence-corrected chi connectivity index (χ3v) is 6.28. The molecule has 1 atom stereocenters. The number of nitrogens with zero attached hydrogens (tertiary/aromatic N) is 1. The van der Waals surface area contributed by atoms with Crippen LogP contribution in [0.4, 0.5) is 13.2 Å². The largest absolute Gasteiger partial charge is 1.00 e. The van der Waals surface area contributed by atoms with Crippen LogP contribution in [0.15, 0.2) is 60.9 Å². The van der Waals surface area contributed by atoms with Gasteiger partial charge in [0.15, 0.2) is 30.5 Å². The van der Waals surface area contributed by atoms with E-state index in [9.17, 15) is 22.8 Å². The highest BCUT2D eigenvalue weighted by atomic mass is 79.9. The molecule has 1 heterocycles. The summed E-state index contributed by atoms with van der Waals surface area (Å²) in [5.74, 6) is 0.386. The zero-order valence-corrected chi connectivity index (χ0v) is 20.9. The molecular weight excluding hydrogens is 523 g/mol. The van der Waals surface area contributed by atoms with E-state index in [0.717, 1.165) is 35.4 Å². The van der Waals surface area contributed by atoms with E-state index in [0.29, 0.717) is 29.5 Å². The van der Waals surface area contributed by atoms with Crippen molar-refractivity contribution in [2.75, 3.05) is 7.11 Å². The number of ether oxygens (including phenoxy) is 1. The number of benzene rings is 2. The summed E-state index contributed by atoms with van der Waals surface area (Å²) in [6, 6.07) is 12.4. The summed E-state index contributed by atoms with van der Waals surface area (Å²) in [6.45, 7) is 1.65. The summed E-state index contributed by atoms with van der Waals surface area (Å²) in [6.07, 6.45) is 0.851. The molecule has 0 saturated carbocycles. The molecule has 4 rings (SSSR count). The van der Waals surface area contributed by atoms with E-state index in [1.54, 1.807) is 48.3 Å². The van der Waals surface area contributed by atoms with Crippen LogP contribution in [0.25, 0.3) is 0 Å². The summed E-state index contributed by atoms with van der Waals surface area (Å²) in [7, 11) is 1.59. The fourth-order valence-corrected chi connectivity index (χ4v) is 4.50. The van der Waals surface area contributed by atoms with Crippen molar-refractivity contribution < 1.29 is 49.0 Å². The number of aryl methyl sites for hydroxylation is 1. The van der Waals surface area contributed by atoms with Crippen molar-refractivity contribution in [1.29, 1.82) is 0 Å². The average Bonchev–Trinajstić information content (AvgIpc) is 2.81. The minimum absolute atomic E-state index is 0. The quantitative estimate of drug-likeness (QED) is 0.351. The number of Topliss-reactive ketones (excluding diaryl/α,β-unsaturated/α-hetero) is 2. The van der Waals surface area contributed by atoms with Crippen LogP contribution in [0.2, 0.25) is 0 Å². The van der Waals surface area contributed by atoms with Gasteiger partial charge in [-0.3, -0.25) is 9.59 Å². The van der Waals surface area contributed by atoms with E-state index in [2.05, 4.69) is 0 Å². The van der Waals surface area contributed by atoms with Gasteiger partial charge in [-0.25, -0.2) is 4.57 Å². The third kappa shape index (κ3) is 5.99. The first kappa shape index (κ1) is 26.6. The van der Waals surface area contributed by atoms with Crippen LogP contribution in [0, 0.1) is 5.92 Å². The fraction of sp³-hybridized carbons (Fsp3) is 0.296. The number of carbonyl (C=O) groups excluding carboxylic acids is 2. The van der Waals surface area contributed by atoms with Gasteiger partial charge in [-0.2, -0.15) is 13.2 Å². The molecule has 1 unspecified atom stereocenters. The standard InChI is InChI=1S/C27H25F3NO3.BrH/c1-17(32)25-16-31(15-18-4-3-5-22(12-18)27(28,29)30)11-10-20(25)13-21-7-6-19-14-23(34-2)8-9-24(19)26(21)33;/h3-5,8-12,14,16,21H,6-7,13,15H2,1-2H3;1H/q+1;/p-1. The zero-order valence-electron chi connectivity index (χ0n) is 19.4. The topological polar surface area (TPSA) is 47.2 Å². The van der Waals surface area contributed by atoms with Crippen molar-refractivity contribution in [2.45, 2.75) is 38.9 Å². The van der Waals surface area contributed by atoms with Gasteiger partial charge < -0.3 is 21.7 Å². The molecule has 0 fully saturated rings. The Labute approximate surface area is 212 Å². The molecule has 0 N–H and O–H groups in total. The smallest absolute Gasteiger partial charge is 0.416 e. The number of carbonyl (C=O) groups is 2. The Hall–Kier alpha value is -3.00. The number of rotatable bonds is 6. The SMILES string of the molecule is COc1ccc2c(c1)CCC(Cc1cc[n+](Cc3cccc(C(F)(F)F)c3)cc1C(C)=O)C2=O.[Br-]. The predicted molar refractivity (Wildman–Crippen MR) is 120 cm³/mol. The molecule has 2 aromatic carbocycles. The highest BCUT2D eigenvalue weighted by Crippen LogP contribution is 2.31. The van der Waals surface area contributed by atoms with E-state index in [4.69, 9.17) is 4.74 Å². The molecule has 0 aliphatic heterocycles. The van der Waals surface area contributed by atoms with Crippen molar-refractivity contribution in [1.82, 2.24) is 0 Å². The summed E-state index contributed by atoms with van der Waals surface area (Å²) in [4.78, 5) is 25.5. The molecule has 0 radical (unpaired) electrons. The van der Waals surface area contributed by atoms with Crippen LogP contribution >= 0.6 is 0 Å². The first-order chi connectivity index (χ1) is 16.2. The normalized spacial score (nSPS) is 15.2. The minimum atomic E-state index is -4.41. The van der Waals surface area contributed by atoms with Gasteiger partial charge in [-0.1, -0.05) is 12.1 Å². The highest BCUT2D eigenvalue weighted by Gasteiger charge is 2.31. The molecule has 3 aromatic rings. The van der Waals surface area contributed by atoms with Crippen molar-refractivity contribution in [3.63, 3.8) is 0 Å². The molecule has 0 bridgehead atoms. The van der Waals surface area contributed by atoms with E-state index in [1.165, 1.54) is 13.0 Å². The van der Waals surface area contributed by atoms with E-state index >= 15 is 0 Å². The summed E-state index contributed by atoms with van der Waals surface area (Å²) in [5, 5.41) is 0. The maximum absolute atomic E-state index is 13.1. The van der Waals surface area contributed by atoms with E-state index in [1.807, 2.05) is 6.07 Å².